The number of carbonyl (C=O) groups excluding carboxylic acids is 1. The molecule has 1 N–H and O–H groups in total. The minimum Gasteiger partial charge on any atom is -0.490 e. The number of anilines is 1. The maximum Gasteiger partial charge on any atom is 0.259 e. The highest BCUT2D eigenvalue weighted by Gasteiger charge is 2.19. The van der Waals surface area contributed by atoms with Gasteiger partial charge in [-0.2, -0.15) is 0 Å². The van der Waals surface area contributed by atoms with E-state index < -0.39 is 0 Å². The van der Waals surface area contributed by atoms with E-state index in [-0.39, 0.29) is 12.0 Å². The van der Waals surface area contributed by atoms with Crippen molar-refractivity contribution >= 4 is 11.6 Å². The SMILES string of the molecule is O=C(Nc1ccc2c(c1)CCC2)c1ccccc1OC[C@@H]1CCCO1. The Labute approximate surface area is 148 Å². The molecule has 1 aliphatic carbocycles. The third-order valence-corrected chi connectivity index (χ3v) is 4.94. The van der Waals surface area contributed by atoms with Gasteiger partial charge in [-0.3, -0.25) is 4.79 Å². The number of para-hydroxylation sites is 1. The van der Waals surface area contributed by atoms with Crippen molar-refractivity contribution in [3.63, 3.8) is 0 Å². The van der Waals surface area contributed by atoms with Crippen LogP contribution in [0.2, 0.25) is 0 Å². The molecule has 0 bridgehead atoms. The lowest BCUT2D eigenvalue weighted by molar-refractivity contribution is 0.0673. The fourth-order valence-electron chi connectivity index (χ4n) is 3.59. The molecule has 130 valence electrons. The molecule has 2 aromatic rings. The van der Waals surface area contributed by atoms with Gasteiger partial charge in [0.1, 0.15) is 12.4 Å². The van der Waals surface area contributed by atoms with Crippen LogP contribution in [0.1, 0.15) is 40.7 Å². The Morgan fingerprint density at radius 1 is 1.12 bits per heavy atom. The van der Waals surface area contributed by atoms with E-state index in [1.807, 2.05) is 24.3 Å². The van der Waals surface area contributed by atoms with Crippen molar-refractivity contribution in [3.8, 4) is 5.75 Å². The third-order valence-electron chi connectivity index (χ3n) is 4.94. The molecule has 0 spiro atoms. The van der Waals surface area contributed by atoms with E-state index >= 15 is 0 Å². The topological polar surface area (TPSA) is 47.6 Å². The Balaban J connectivity index is 1.46. The zero-order chi connectivity index (χ0) is 17.1. The second-order valence-electron chi connectivity index (χ2n) is 6.73. The van der Waals surface area contributed by atoms with Gasteiger partial charge in [-0.15, -0.1) is 0 Å². The lowest BCUT2D eigenvalue weighted by Gasteiger charge is -2.15. The van der Waals surface area contributed by atoms with Crippen LogP contribution in [-0.4, -0.2) is 25.2 Å². The highest BCUT2D eigenvalue weighted by molar-refractivity contribution is 6.06. The van der Waals surface area contributed by atoms with Gasteiger partial charge in [-0.1, -0.05) is 18.2 Å². The van der Waals surface area contributed by atoms with Gasteiger partial charge in [0.25, 0.3) is 5.91 Å². The van der Waals surface area contributed by atoms with Crippen molar-refractivity contribution in [2.24, 2.45) is 0 Å². The fraction of sp³-hybridized carbons (Fsp3) is 0.381. The number of fused-ring (bicyclic) bond motifs is 1. The molecule has 2 aliphatic rings. The van der Waals surface area contributed by atoms with E-state index in [2.05, 4.69) is 17.4 Å². The number of nitrogens with one attached hydrogen (secondary N) is 1. The van der Waals surface area contributed by atoms with Gasteiger partial charge in [0.05, 0.1) is 11.7 Å². The number of hydrogen-bond acceptors (Lipinski definition) is 3. The summed E-state index contributed by atoms with van der Waals surface area (Å²) in [7, 11) is 0. The molecular formula is C21H23NO3. The normalized spacial score (nSPS) is 18.8. The largest absolute Gasteiger partial charge is 0.490 e. The molecule has 0 saturated carbocycles. The predicted molar refractivity (Wildman–Crippen MR) is 97.3 cm³/mol. The molecule has 1 amide bonds. The van der Waals surface area contributed by atoms with Crippen molar-refractivity contribution in [2.45, 2.75) is 38.2 Å². The average Bonchev–Trinajstić information content (AvgIpc) is 3.31. The standard InChI is InChI=1S/C21H23NO3/c23-21(22-17-11-10-15-5-3-6-16(15)13-17)19-8-1-2-9-20(19)25-14-18-7-4-12-24-18/h1-2,8-11,13,18H,3-7,12,14H2,(H,22,23)/t18-/m0/s1. The van der Waals surface area contributed by atoms with Gasteiger partial charge in [0, 0.05) is 12.3 Å². The first kappa shape index (κ1) is 16.2. The maximum absolute atomic E-state index is 12.7. The first-order valence-electron chi connectivity index (χ1n) is 9.06. The number of amides is 1. The summed E-state index contributed by atoms with van der Waals surface area (Å²) < 4.78 is 11.5. The zero-order valence-corrected chi connectivity index (χ0v) is 14.3. The third kappa shape index (κ3) is 3.69. The summed E-state index contributed by atoms with van der Waals surface area (Å²) in [5, 5.41) is 3.01. The van der Waals surface area contributed by atoms with Crippen LogP contribution in [0.15, 0.2) is 42.5 Å². The van der Waals surface area contributed by atoms with Crippen molar-refractivity contribution in [1.82, 2.24) is 0 Å². The van der Waals surface area contributed by atoms with Crippen LogP contribution in [0.5, 0.6) is 5.75 Å². The number of hydrogen-bond donors (Lipinski definition) is 1. The Morgan fingerprint density at radius 3 is 2.88 bits per heavy atom. The van der Waals surface area contributed by atoms with E-state index in [9.17, 15) is 4.79 Å². The van der Waals surface area contributed by atoms with Crippen LogP contribution in [0.3, 0.4) is 0 Å². The second-order valence-corrected chi connectivity index (χ2v) is 6.73. The predicted octanol–water partition coefficient (Wildman–Crippen LogP) is 3.99. The van der Waals surface area contributed by atoms with Crippen molar-refractivity contribution in [2.75, 3.05) is 18.5 Å². The molecule has 4 nitrogen and oxygen atoms in total. The molecule has 1 aliphatic heterocycles. The van der Waals surface area contributed by atoms with Gasteiger partial charge in [0.2, 0.25) is 0 Å². The Kier molecular flexibility index (Phi) is 4.70. The van der Waals surface area contributed by atoms with Crippen LogP contribution < -0.4 is 10.1 Å². The van der Waals surface area contributed by atoms with Gasteiger partial charge in [0.15, 0.2) is 0 Å². The summed E-state index contributed by atoms with van der Waals surface area (Å²) in [5.74, 6) is 0.470. The number of ether oxygens (including phenoxy) is 2. The minimum atomic E-state index is -0.138. The van der Waals surface area contributed by atoms with E-state index in [0.717, 1.165) is 38.0 Å². The second kappa shape index (κ2) is 7.28. The van der Waals surface area contributed by atoms with E-state index in [4.69, 9.17) is 9.47 Å². The first-order valence-corrected chi connectivity index (χ1v) is 9.06. The number of carbonyl (C=O) groups is 1. The van der Waals surface area contributed by atoms with Crippen molar-refractivity contribution < 1.29 is 14.3 Å². The number of benzene rings is 2. The van der Waals surface area contributed by atoms with E-state index in [1.54, 1.807) is 6.07 Å². The molecule has 4 rings (SSSR count). The summed E-state index contributed by atoms with van der Waals surface area (Å²) in [6.07, 6.45) is 5.67. The fourth-order valence-corrected chi connectivity index (χ4v) is 3.59. The van der Waals surface area contributed by atoms with Crippen LogP contribution in [-0.2, 0) is 17.6 Å². The number of aryl methyl sites for hydroxylation is 2. The van der Waals surface area contributed by atoms with Gasteiger partial charge >= 0.3 is 0 Å². The van der Waals surface area contributed by atoms with E-state index in [0.29, 0.717) is 17.9 Å². The van der Waals surface area contributed by atoms with Crippen molar-refractivity contribution in [1.29, 1.82) is 0 Å². The molecule has 1 fully saturated rings. The summed E-state index contributed by atoms with van der Waals surface area (Å²) >= 11 is 0. The minimum absolute atomic E-state index is 0.132. The van der Waals surface area contributed by atoms with Gasteiger partial charge in [-0.05, 0) is 67.5 Å². The molecule has 0 unspecified atom stereocenters. The maximum atomic E-state index is 12.7. The van der Waals surface area contributed by atoms with Crippen LogP contribution in [0, 0.1) is 0 Å². The van der Waals surface area contributed by atoms with Crippen LogP contribution in [0.25, 0.3) is 0 Å². The molecule has 25 heavy (non-hydrogen) atoms. The Hall–Kier alpha value is -2.33. The molecule has 4 heteroatoms. The molecule has 0 radical (unpaired) electrons. The average molecular weight is 337 g/mol. The summed E-state index contributed by atoms with van der Waals surface area (Å²) in [6, 6.07) is 13.6. The Bertz CT molecular complexity index is 765. The van der Waals surface area contributed by atoms with Gasteiger partial charge in [-0.25, -0.2) is 0 Å². The van der Waals surface area contributed by atoms with Crippen LogP contribution >= 0.6 is 0 Å². The molecular weight excluding hydrogens is 314 g/mol. The molecule has 0 aromatic heterocycles. The number of rotatable bonds is 5. The molecule has 1 saturated heterocycles. The molecule has 2 aromatic carbocycles. The smallest absolute Gasteiger partial charge is 0.259 e. The summed E-state index contributed by atoms with van der Waals surface area (Å²) in [4.78, 5) is 12.7. The quantitative estimate of drug-likeness (QED) is 0.897. The zero-order valence-electron chi connectivity index (χ0n) is 14.3. The van der Waals surface area contributed by atoms with Crippen LogP contribution in [0.4, 0.5) is 5.69 Å². The first-order chi connectivity index (χ1) is 12.3. The molecule has 1 atom stereocenters. The van der Waals surface area contributed by atoms with E-state index in [1.165, 1.54) is 17.5 Å². The Morgan fingerprint density at radius 2 is 2.00 bits per heavy atom. The van der Waals surface area contributed by atoms with Gasteiger partial charge < -0.3 is 14.8 Å². The summed E-state index contributed by atoms with van der Waals surface area (Å²) in [6.45, 7) is 1.29. The molecule has 1 heterocycles. The highest BCUT2D eigenvalue weighted by atomic mass is 16.5. The summed E-state index contributed by atoms with van der Waals surface area (Å²) in [5.41, 5.74) is 4.15. The monoisotopic (exact) mass is 337 g/mol. The lowest BCUT2D eigenvalue weighted by atomic mass is 10.1. The lowest BCUT2D eigenvalue weighted by Crippen LogP contribution is -2.19. The van der Waals surface area contributed by atoms with Crippen molar-refractivity contribution in [3.05, 3.63) is 59.2 Å². The highest BCUT2D eigenvalue weighted by Crippen LogP contribution is 2.26.